The molecule has 0 amide bonds. The number of fused-ring (bicyclic) bond motifs is 3. The van der Waals surface area contributed by atoms with E-state index in [-0.39, 0.29) is 0 Å². The molecule has 3 rings (SSSR count). The smallest absolute Gasteiger partial charge is 0.159 e. The van der Waals surface area contributed by atoms with Gasteiger partial charge < -0.3 is 0 Å². The maximum absolute atomic E-state index is 4.90. The predicted molar refractivity (Wildman–Crippen MR) is 116 cm³/mol. The first-order chi connectivity index (χ1) is 13.8. The molecule has 0 bridgehead atoms. The zero-order chi connectivity index (χ0) is 19.8. The van der Waals surface area contributed by atoms with Gasteiger partial charge in [0.1, 0.15) is 5.82 Å². The van der Waals surface area contributed by atoms with Crippen molar-refractivity contribution in [1.29, 1.82) is 0 Å². The third-order valence-corrected chi connectivity index (χ3v) is 5.11. The normalized spacial score (nSPS) is 12.9. The second-order valence-electron chi connectivity index (χ2n) is 7.19. The number of hydrogen-bond acceptors (Lipinski definition) is 4. The number of aliphatic imine (C=N–C) groups is 1. The summed E-state index contributed by atoms with van der Waals surface area (Å²) in [4.78, 5) is 7.20. The highest BCUT2D eigenvalue weighted by atomic mass is 15.3. The first-order valence-electron chi connectivity index (χ1n) is 10.3. The van der Waals surface area contributed by atoms with Gasteiger partial charge in [-0.15, -0.1) is 23.4 Å². The molecule has 5 heteroatoms. The molecule has 148 valence electrons. The Labute approximate surface area is 168 Å². The fraction of sp³-hybridized carbons (Fsp3) is 0.435. The molecule has 0 saturated carbocycles. The van der Waals surface area contributed by atoms with Gasteiger partial charge >= 0.3 is 0 Å². The zero-order valence-corrected chi connectivity index (χ0v) is 17.0. The summed E-state index contributed by atoms with van der Waals surface area (Å²) in [6, 6.07) is 8.53. The topological polar surface area (TPSA) is 46.3 Å². The van der Waals surface area contributed by atoms with Crippen LogP contribution in [0.15, 0.2) is 54.6 Å². The molecule has 0 unspecified atom stereocenters. The van der Waals surface area contributed by atoms with Gasteiger partial charge in [-0.3, -0.25) is 14.5 Å². The van der Waals surface area contributed by atoms with E-state index in [0.717, 1.165) is 49.8 Å². The van der Waals surface area contributed by atoms with Gasteiger partial charge in [0.2, 0.25) is 0 Å². The number of hydrogen-bond donors (Lipinski definition) is 0. The van der Waals surface area contributed by atoms with E-state index in [1.165, 1.54) is 30.5 Å². The van der Waals surface area contributed by atoms with E-state index in [0.29, 0.717) is 6.54 Å². The molecule has 1 aromatic carbocycles. The molecule has 0 radical (unpaired) electrons. The quantitative estimate of drug-likeness (QED) is 0.432. The Balaban J connectivity index is 1.86. The summed E-state index contributed by atoms with van der Waals surface area (Å²) in [6.45, 7) is 13.1. The minimum atomic E-state index is 0.589. The van der Waals surface area contributed by atoms with E-state index >= 15 is 0 Å². The molecule has 0 N–H and O–H groups in total. The van der Waals surface area contributed by atoms with Crippen molar-refractivity contribution in [3.63, 3.8) is 0 Å². The summed E-state index contributed by atoms with van der Waals surface area (Å²) >= 11 is 0. The van der Waals surface area contributed by atoms with Crippen molar-refractivity contribution in [2.45, 2.75) is 45.6 Å². The van der Waals surface area contributed by atoms with Crippen molar-refractivity contribution in [3.05, 3.63) is 66.8 Å². The van der Waals surface area contributed by atoms with Gasteiger partial charge in [-0.25, -0.2) is 0 Å². The summed E-state index contributed by atoms with van der Waals surface area (Å²) in [7, 11) is 0. The van der Waals surface area contributed by atoms with Gasteiger partial charge in [-0.1, -0.05) is 50.1 Å². The van der Waals surface area contributed by atoms with Crippen LogP contribution in [0.3, 0.4) is 0 Å². The molecule has 2 aromatic rings. The third kappa shape index (κ3) is 4.65. The minimum Gasteiger partial charge on any atom is -0.296 e. The fourth-order valence-corrected chi connectivity index (χ4v) is 3.70. The van der Waals surface area contributed by atoms with Crippen LogP contribution in [0.25, 0.3) is 5.69 Å². The lowest BCUT2D eigenvalue weighted by molar-refractivity contribution is 0.336. The van der Waals surface area contributed by atoms with Crippen molar-refractivity contribution in [1.82, 2.24) is 19.7 Å². The van der Waals surface area contributed by atoms with E-state index in [2.05, 4.69) is 64.0 Å². The van der Waals surface area contributed by atoms with Crippen LogP contribution in [0.5, 0.6) is 0 Å². The van der Waals surface area contributed by atoms with E-state index in [9.17, 15) is 0 Å². The molecule has 2 heterocycles. The van der Waals surface area contributed by atoms with Crippen LogP contribution in [-0.2, 0) is 13.0 Å². The van der Waals surface area contributed by atoms with E-state index < -0.39 is 0 Å². The fourth-order valence-electron chi connectivity index (χ4n) is 3.70. The number of benzene rings is 1. The summed E-state index contributed by atoms with van der Waals surface area (Å²) in [5.41, 5.74) is 3.57. The first kappa shape index (κ1) is 20.2. The molecule has 0 saturated heterocycles. The van der Waals surface area contributed by atoms with Gasteiger partial charge in [0, 0.05) is 37.3 Å². The van der Waals surface area contributed by atoms with Crippen LogP contribution in [0.2, 0.25) is 0 Å². The Morgan fingerprint density at radius 1 is 1.07 bits per heavy atom. The Morgan fingerprint density at radius 2 is 1.86 bits per heavy atom. The lowest BCUT2D eigenvalue weighted by Gasteiger charge is -2.19. The SMILES string of the molecule is C=CCN(CC=C)CCc1nnc2n1-c1ccccc1C(CCCCC)=NC2. The van der Waals surface area contributed by atoms with Crippen LogP contribution in [0, 0.1) is 0 Å². The Kier molecular flexibility index (Phi) is 7.31. The number of para-hydroxylation sites is 1. The monoisotopic (exact) mass is 377 g/mol. The predicted octanol–water partition coefficient (Wildman–Crippen LogP) is 4.37. The summed E-state index contributed by atoms with van der Waals surface area (Å²) < 4.78 is 2.21. The van der Waals surface area contributed by atoms with E-state index in [1.54, 1.807) is 0 Å². The molecule has 1 aliphatic heterocycles. The van der Waals surface area contributed by atoms with Crippen molar-refractivity contribution in [3.8, 4) is 5.69 Å². The molecule has 0 aliphatic carbocycles. The van der Waals surface area contributed by atoms with E-state index in [4.69, 9.17) is 4.99 Å². The van der Waals surface area contributed by atoms with Gasteiger partial charge in [0.05, 0.1) is 12.2 Å². The number of aromatic nitrogens is 3. The van der Waals surface area contributed by atoms with Crippen molar-refractivity contribution in [2.75, 3.05) is 19.6 Å². The molecule has 1 aromatic heterocycles. The Bertz CT molecular complexity index is 823. The number of unbranched alkanes of at least 4 members (excludes halogenated alkanes) is 2. The maximum Gasteiger partial charge on any atom is 0.159 e. The van der Waals surface area contributed by atoms with E-state index in [1.807, 2.05) is 12.2 Å². The van der Waals surface area contributed by atoms with Crippen LogP contribution >= 0.6 is 0 Å². The van der Waals surface area contributed by atoms with Crippen molar-refractivity contribution in [2.24, 2.45) is 4.99 Å². The highest BCUT2D eigenvalue weighted by Gasteiger charge is 2.21. The molecule has 0 spiro atoms. The van der Waals surface area contributed by atoms with Crippen LogP contribution < -0.4 is 0 Å². The Morgan fingerprint density at radius 3 is 2.61 bits per heavy atom. The largest absolute Gasteiger partial charge is 0.296 e. The lowest BCUT2D eigenvalue weighted by Crippen LogP contribution is -2.27. The number of rotatable bonds is 11. The summed E-state index contributed by atoms with van der Waals surface area (Å²) in [5, 5.41) is 8.96. The molecule has 0 atom stereocenters. The first-order valence-corrected chi connectivity index (χ1v) is 10.3. The molecule has 5 nitrogen and oxygen atoms in total. The highest BCUT2D eigenvalue weighted by Crippen LogP contribution is 2.25. The van der Waals surface area contributed by atoms with Crippen LogP contribution in [-0.4, -0.2) is 45.0 Å². The van der Waals surface area contributed by atoms with Crippen molar-refractivity contribution < 1.29 is 0 Å². The number of nitrogens with zero attached hydrogens (tertiary/aromatic N) is 5. The molecule has 0 fully saturated rings. The van der Waals surface area contributed by atoms with Gasteiger partial charge in [-0.2, -0.15) is 0 Å². The highest BCUT2D eigenvalue weighted by molar-refractivity contribution is 6.03. The molecular formula is C23H31N5. The maximum atomic E-state index is 4.90. The zero-order valence-electron chi connectivity index (χ0n) is 17.0. The molecule has 1 aliphatic rings. The molecule has 28 heavy (non-hydrogen) atoms. The van der Waals surface area contributed by atoms with Gasteiger partial charge in [0.15, 0.2) is 5.82 Å². The van der Waals surface area contributed by atoms with Crippen LogP contribution in [0.4, 0.5) is 0 Å². The van der Waals surface area contributed by atoms with Gasteiger partial charge in [-0.05, 0) is 18.9 Å². The summed E-state index contributed by atoms with van der Waals surface area (Å²) in [6.07, 6.45) is 9.34. The molecular weight excluding hydrogens is 346 g/mol. The van der Waals surface area contributed by atoms with Crippen LogP contribution in [0.1, 0.15) is 49.8 Å². The Hall–Kier alpha value is -2.53. The van der Waals surface area contributed by atoms with Crippen molar-refractivity contribution >= 4 is 5.71 Å². The minimum absolute atomic E-state index is 0.589. The average Bonchev–Trinajstić information content (AvgIpc) is 3.04. The second-order valence-corrected chi connectivity index (χ2v) is 7.19. The lowest BCUT2D eigenvalue weighted by atomic mass is 10.0. The van der Waals surface area contributed by atoms with Gasteiger partial charge in [0.25, 0.3) is 0 Å². The standard InChI is InChI=1S/C23H31N5/c1-4-7-8-12-20-19-11-9-10-13-21(19)28-22(25-26-23(28)18-24-20)14-17-27(15-5-2)16-6-3/h5-6,9-11,13H,2-4,7-8,12,14-18H2,1H3. The second kappa shape index (κ2) is 10.1. The summed E-state index contributed by atoms with van der Waals surface area (Å²) in [5.74, 6) is 1.91. The average molecular weight is 378 g/mol. The third-order valence-electron chi connectivity index (χ3n) is 5.11.